The summed E-state index contributed by atoms with van der Waals surface area (Å²) in [5.41, 5.74) is 2.09. The van der Waals surface area contributed by atoms with Gasteiger partial charge >= 0.3 is 6.61 Å². The smallest absolute Gasteiger partial charge is 0.345 e. The summed E-state index contributed by atoms with van der Waals surface area (Å²) in [7, 11) is 0. The van der Waals surface area contributed by atoms with Crippen molar-refractivity contribution in [2.24, 2.45) is 0 Å². The Labute approximate surface area is 121 Å². The lowest BCUT2D eigenvalue weighted by molar-refractivity contribution is -0.126. The van der Waals surface area contributed by atoms with Crippen LogP contribution in [0.2, 0.25) is 0 Å². The zero-order valence-corrected chi connectivity index (χ0v) is 11.7. The zero-order valence-electron chi connectivity index (χ0n) is 11.7. The van der Waals surface area contributed by atoms with E-state index in [9.17, 15) is 8.78 Å². The third kappa shape index (κ3) is 5.07. The van der Waals surface area contributed by atoms with Crippen molar-refractivity contribution in [1.82, 2.24) is 20.6 Å². The van der Waals surface area contributed by atoms with Crippen molar-refractivity contribution in [3.63, 3.8) is 0 Å². The summed E-state index contributed by atoms with van der Waals surface area (Å²) in [6, 6.07) is 7.86. The number of hydrogen-bond donors (Lipinski definition) is 1. The minimum atomic E-state index is -2.75. The number of aryl methyl sites for hydroxylation is 1. The van der Waals surface area contributed by atoms with E-state index in [1.165, 1.54) is 0 Å². The first-order valence-electron chi connectivity index (χ1n) is 6.59. The van der Waals surface area contributed by atoms with Gasteiger partial charge in [-0.2, -0.15) is 14.0 Å². The fraction of sp³-hybridized carbons (Fsp3) is 0.462. The number of aromatic nitrogens is 4. The molecule has 0 bridgehead atoms. The highest BCUT2D eigenvalue weighted by Gasteiger charge is 2.10. The van der Waals surface area contributed by atoms with E-state index in [1.54, 1.807) is 0 Å². The Bertz CT molecular complexity index is 518. The van der Waals surface area contributed by atoms with Gasteiger partial charge in [-0.3, -0.25) is 0 Å². The lowest BCUT2D eigenvalue weighted by atomic mass is 10.2. The van der Waals surface area contributed by atoms with Gasteiger partial charge in [0.05, 0.1) is 6.61 Å². The lowest BCUT2D eigenvalue weighted by Gasteiger charge is -2.24. The number of nitrogens with zero attached hydrogens (tertiary/aromatic N) is 4. The number of nitrogens with one attached hydrogen (secondary N) is 1. The molecule has 0 radical (unpaired) electrons. The van der Waals surface area contributed by atoms with E-state index >= 15 is 0 Å². The number of anilines is 1. The van der Waals surface area contributed by atoms with Gasteiger partial charge in [0.15, 0.2) is 5.82 Å². The SMILES string of the molecule is Cc1ccc(N(CCOC(F)F)CCc2nn[nH]n2)cc1. The molecule has 2 aromatic rings. The van der Waals surface area contributed by atoms with E-state index in [2.05, 4.69) is 25.4 Å². The molecule has 0 amide bonds. The Morgan fingerprint density at radius 1 is 1.24 bits per heavy atom. The molecular weight excluding hydrogens is 280 g/mol. The van der Waals surface area contributed by atoms with Crippen molar-refractivity contribution in [3.05, 3.63) is 35.7 Å². The van der Waals surface area contributed by atoms with Crippen LogP contribution in [0.3, 0.4) is 0 Å². The third-order valence-corrected chi connectivity index (χ3v) is 3.00. The minimum absolute atomic E-state index is 0.0439. The quantitative estimate of drug-likeness (QED) is 0.804. The van der Waals surface area contributed by atoms with E-state index in [1.807, 2.05) is 36.1 Å². The summed E-state index contributed by atoms with van der Waals surface area (Å²) in [6.07, 6.45) is 0.569. The molecule has 0 spiro atoms. The van der Waals surface area contributed by atoms with Gasteiger partial charge in [0.1, 0.15) is 0 Å². The lowest BCUT2D eigenvalue weighted by Crippen LogP contribution is -2.30. The molecule has 1 heterocycles. The van der Waals surface area contributed by atoms with Gasteiger partial charge in [-0.05, 0) is 19.1 Å². The number of rotatable bonds is 8. The number of H-pyrrole nitrogens is 1. The fourth-order valence-electron chi connectivity index (χ4n) is 1.90. The highest BCUT2D eigenvalue weighted by Crippen LogP contribution is 2.15. The highest BCUT2D eigenvalue weighted by molar-refractivity contribution is 5.47. The zero-order chi connectivity index (χ0) is 15.1. The maximum Gasteiger partial charge on any atom is 0.345 e. The molecule has 0 aliphatic carbocycles. The van der Waals surface area contributed by atoms with Crippen molar-refractivity contribution >= 4 is 5.69 Å². The molecule has 0 saturated heterocycles. The van der Waals surface area contributed by atoms with Crippen molar-refractivity contribution in [2.75, 3.05) is 24.6 Å². The number of alkyl halides is 2. The maximum atomic E-state index is 12.1. The first-order chi connectivity index (χ1) is 10.1. The molecule has 0 fully saturated rings. The van der Waals surface area contributed by atoms with Crippen molar-refractivity contribution < 1.29 is 13.5 Å². The molecule has 0 aliphatic heterocycles. The summed E-state index contributed by atoms with van der Waals surface area (Å²) >= 11 is 0. The van der Waals surface area contributed by atoms with Crippen LogP contribution in [0.1, 0.15) is 11.4 Å². The minimum Gasteiger partial charge on any atom is -0.369 e. The molecule has 0 unspecified atom stereocenters. The Hall–Kier alpha value is -2.09. The summed E-state index contributed by atoms with van der Waals surface area (Å²) in [6.45, 7) is 0.160. The van der Waals surface area contributed by atoms with Crippen LogP contribution in [0, 0.1) is 6.92 Å². The largest absolute Gasteiger partial charge is 0.369 e. The Balaban J connectivity index is 1.97. The number of benzene rings is 1. The molecule has 0 atom stereocenters. The molecule has 0 aliphatic rings. The second-order valence-corrected chi connectivity index (χ2v) is 4.53. The van der Waals surface area contributed by atoms with Crippen LogP contribution >= 0.6 is 0 Å². The number of ether oxygens (including phenoxy) is 1. The number of tetrazole rings is 1. The van der Waals surface area contributed by atoms with Crippen molar-refractivity contribution in [3.8, 4) is 0 Å². The van der Waals surface area contributed by atoms with Gasteiger partial charge in [-0.15, -0.1) is 10.2 Å². The maximum absolute atomic E-state index is 12.1. The summed E-state index contributed by atoms with van der Waals surface area (Å²) in [4.78, 5) is 1.96. The number of aromatic amines is 1. The second kappa shape index (κ2) is 7.63. The standard InChI is InChI=1S/C13H17F2N5O/c1-10-2-4-11(5-3-10)20(8-9-21-13(14)15)7-6-12-16-18-19-17-12/h2-5,13H,6-9H2,1H3,(H,16,17,18,19). The summed E-state index contributed by atoms with van der Waals surface area (Å²) < 4.78 is 28.5. The Morgan fingerprint density at radius 2 is 2.00 bits per heavy atom. The van der Waals surface area contributed by atoms with Crippen LogP contribution in [0.4, 0.5) is 14.5 Å². The fourth-order valence-corrected chi connectivity index (χ4v) is 1.90. The molecule has 21 heavy (non-hydrogen) atoms. The first kappa shape index (κ1) is 15.3. The second-order valence-electron chi connectivity index (χ2n) is 4.53. The Morgan fingerprint density at radius 3 is 2.62 bits per heavy atom. The predicted octanol–water partition coefficient (Wildman–Crippen LogP) is 1.80. The molecule has 1 N–H and O–H groups in total. The van der Waals surface area contributed by atoms with Gasteiger partial charge in [-0.1, -0.05) is 22.9 Å². The van der Waals surface area contributed by atoms with E-state index in [4.69, 9.17) is 0 Å². The average Bonchev–Trinajstić information content (AvgIpc) is 2.96. The highest BCUT2D eigenvalue weighted by atomic mass is 19.3. The van der Waals surface area contributed by atoms with Crippen LogP contribution in [-0.4, -0.2) is 46.9 Å². The third-order valence-electron chi connectivity index (χ3n) is 3.00. The van der Waals surface area contributed by atoms with Gasteiger partial charge in [-0.25, -0.2) is 0 Å². The van der Waals surface area contributed by atoms with Crippen molar-refractivity contribution in [2.45, 2.75) is 20.0 Å². The monoisotopic (exact) mass is 297 g/mol. The molecule has 8 heteroatoms. The molecule has 114 valence electrons. The van der Waals surface area contributed by atoms with Gasteiger partial charge in [0.25, 0.3) is 0 Å². The Kier molecular flexibility index (Phi) is 5.56. The topological polar surface area (TPSA) is 66.9 Å². The normalized spacial score (nSPS) is 11.0. The molecule has 0 saturated carbocycles. The summed E-state index contributed by atoms with van der Waals surface area (Å²) in [5, 5.41) is 13.6. The average molecular weight is 297 g/mol. The van der Waals surface area contributed by atoms with Gasteiger partial charge in [0, 0.05) is 25.2 Å². The van der Waals surface area contributed by atoms with Crippen LogP contribution in [0.15, 0.2) is 24.3 Å². The first-order valence-corrected chi connectivity index (χ1v) is 6.59. The number of halogens is 2. The van der Waals surface area contributed by atoms with E-state index < -0.39 is 6.61 Å². The van der Waals surface area contributed by atoms with E-state index in [0.29, 0.717) is 25.3 Å². The molecule has 1 aromatic carbocycles. The van der Waals surface area contributed by atoms with Crippen LogP contribution in [0.25, 0.3) is 0 Å². The molecular formula is C13H17F2N5O. The van der Waals surface area contributed by atoms with Crippen LogP contribution < -0.4 is 4.90 Å². The van der Waals surface area contributed by atoms with E-state index in [0.717, 1.165) is 11.3 Å². The van der Waals surface area contributed by atoms with Gasteiger partial charge in [0.2, 0.25) is 0 Å². The predicted molar refractivity (Wildman–Crippen MR) is 73.2 cm³/mol. The van der Waals surface area contributed by atoms with Crippen LogP contribution in [0.5, 0.6) is 0 Å². The van der Waals surface area contributed by atoms with Gasteiger partial charge < -0.3 is 9.64 Å². The molecule has 6 nitrogen and oxygen atoms in total. The summed E-state index contributed by atoms with van der Waals surface area (Å²) in [5.74, 6) is 0.585. The van der Waals surface area contributed by atoms with Crippen molar-refractivity contribution in [1.29, 1.82) is 0 Å². The molecule has 2 rings (SSSR count). The van der Waals surface area contributed by atoms with Crippen LogP contribution in [-0.2, 0) is 11.2 Å². The van der Waals surface area contributed by atoms with E-state index in [-0.39, 0.29) is 6.61 Å². The molecule has 1 aromatic heterocycles. The number of hydrogen-bond acceptors (Lipinski definition) is 5.